The van der Waals surface area contributed by atoms with Gasteiger partial charge in [0.15, 0.2) is 0 Å². The zero-order valence-corrected chi connectivity index (χ0v) is 12.6. The summed E-state index contributed by atoms with van der Waals surface area (Å²) in [5, 5.41) is 8.95. The van der Waals surface area contributed by atoms with Gasteiger partial charge in [0.25, 0.3) is 0 Å². The van der Waals surface area contributed by atoms with E-state index in [0.717, 1.165) is 12.0 Å². The Morgan fingerprint density at radius 2 is 1.80 bits per heavy atom. The van der Waals surface area contributed by atoms with Crippen molar-refractivity contribution in [2.24, 2.45) is 0 Å². The molecule has 2 atom stereocenters. The number of carbonyl (C=O) groups is 2. The first-order valence-electron chi connectivity index (χ1n) is 6.91. The summed E-state index contributed by atoms with van der Waals surface area (Å²) < 4.78 is 0. The van der Waals surface area contributed by atoms with E-state index in [1.54, 1.807) is 7.05 Å². The van der Waals surface area contributed by atoms with Gasteiger partial charge in [0.05, 0.1) is 0 Å². The highest BCUT2D eigenvalue weighted by Crippen LogP contribution is 2.24. The number of benzene rings is 1. The second-order valence-electron chi connectivity index (χ2n) is 5.24. The average Bonchev–Trinajstić information content (AvgIpc) is 2.43. The van der Waals surface area contributed by atoms with E-state index >= 15 is 0 Å². The third-order valence-electron chi connectivity index (χ3n) is 3.79. The molecular formula is C16H23NO3. The number of hydrogen-bond acceptors (Lipinski definition) is 2. The summed E-state index contributed by atoms with van der Waals surface area (Å²) in [6, 6.07) is 7.35. The molecule has 2 unspecified atom stereocenters. The van der Waals surface area contributed by atoms with Crippen LogP contribution in [0, 0.1) is 6.92 Å². The number of carbonyl (C=O) groups excluding carboxylic acids is 1. The Labute approximate surface area is 120 Å². The van der Waals surface area contributed by atoms with E-state index < -0.39 is 12.0 Å². The lowest BCUT2D eigenvalue weighted by Crippen LogP contribution is -2.40. The van der Waals surface area contributed by atoms with Crippen LogP contribution in [-0.4, -0.2) is 35.0 Å². The maximum absolute atomic E-state index is 12.2. The number of carboxylic acids is 1. The number of aryl methyl sites for hydroxylation is 1. The van der Waals surface area contributed by atoms with Gasteiger partial charge in [-0.15, -0.1) is 0 Å². The lowest BCUT2D eigenvalue weighted by molar-refractivity contribution is -0.148. The standard InChI is InChI=1S/C16H23NO3/c1-5-13(14-8-6-11(2)7-9-14)10-15(18)17(4)12(3)16(19)20/h6-9,12-13H,5,10H2,1-4H3,(H,19,20). The highest BCUT2D eigenvalue weighted by Gasteiger charge is 2.24. The van der Waals surface area contributed by atoms with Crippen LogP contribution in [0.15, 0.2) is 24.3 Å². The molecule has 0 bridgehead atoms. The molecule has 0 fully saturated rings. The zero-order chi connectivity index (χ0) is 15.3. The molecule has 0 heterocycles. The third-order valence-corrected chi connectivity index (χ3v) is 3.79. The van der Waals surface area contributed by atoms with Gasteiger partial charge in [-0.2, -0.15) is 0 Å². The van der Waals surface area contributed by atoms with Crippen molar-refractivity contribution in [3.63, 3.8) is 0 Å². The van der Waals surface area contributed by atoms with Gasteiger partial charge in [-0.25, -0.2) is 4.79 Å². The Bertz CT molecular complexity index is 467. The fraction of sp³-hybridized carbons (Fsp3) is 0.500. The first-order chi connectivity index (χ1) is 9.36. The largest absolute Gasteiger partial charge is 0.480 e. The molecule has 0 aliphatic heterocycles. The van der Waals surface area contributed by atoms with Crippen LogP contribution >= 0.6 is 0 Å². The van der Waals surface area contributed by atoms with E-state index in [1.165, 1.54) is 17.4 Å². The SMILES string of the molecule is CCC(CC(=O)N(C)C(C)C(=O)O)c1ccc(C)cc1. The molecule has 0 radical (unpaired) electrons. The first kappa shape index (κ1) is 16.2. The quantitative estimate of drug-likeness (QED) is 0.870. The molecule has 0 saturated carbocycles. The van der Waals surface area contributed by atoms with E-state index in [2.05, 4.69) is 0 Å². The molecular weight excluding hydrogens is 254 g/mol. The Hall–Kier alpha value is -1.84. The Morgan fingerprint density at radius 1 is 1.25 bits per heavy atom. The zero-order valence-electron chi connectivity index (χ0n) is 12.6. The summed E-state index contributed by atoms with van der Waals surface area (Å²) in [5.74, 6) is -0.983. The predicted octanol–water partition coefficient (Wildman–Crippen LogP) is 2.81. The van der Waals surface area contributed by atoms with Crippen LogP contribution in [0.5, 0.6) is 0 Å². The fourth-order valence-electron chi connectivity index (χ4n) is 2.07. The average molecular weight is 277 g/mol. The van der Waals surface area contributed by atoms with Crippen molar-refractivity contribution in [3.05, 3.63) is 35.4 Å². The maximum atomic E-state index is 12.2. The van der Waals surface area contributed by atoms with Crippen LogP contribution in [0.1, 0.15) is 43.7 Å². The molecule has 20 heavy (non-hydrogen) atoms. The van der Waals surface area contributed by atoms with Gasteiger partial charge < -0.3 is 10.0 Å². The van der Waals surface area contributed by atoms with Crippen LogP contribution in [0.4, 0.5) is 0 Å². The molecule has 0 aliphatic rings. The van der Waals surface area contributed by atoms with Crippen molar-refractivity contribution < 1.29 is 14.7 Å². The molecule has 1 N–H and O–H groups in total. The number of amides is 1. The van der Waals surface area contributed by atoms with Crippen LogP contribution in [-0.2, 0) is 9.59 Å². The summed E-state index contributed by atoms with van der Waals surface area (Å²) >= 11 is 0. The molecule has 110 valence electrons. The van der Waals surface area contributed by atoms with E-state index in [1.807, 2.05) is 38.1 Å². The highest BCUT2D eigenvalue weighted by atomic mass is 16.4. The molecule has 1 amide bonds. The van der Waals surface area contributed by atoms with Crippen molar-refractivity contribution in [1.29, 1.82) is 0 Å². The minimum absolute atomic E-state index is 0.131. The van der Waals surface area contributed by atoms with Gasteiger partial charge in [0.2, 0.25) is 5.91 Å². The monoisotopic (exact) mass is 277 g/mol. The van der Waals surface area contributed by atoms with Crippen molar-refractivity contribution in [2.75, 3.05) is 7.05 Å². The van der Waals surface area contributed by atoms with Crippen molar-refractivity contribution >= 4 is 11.9 Å². The molecule has 1 aromatic carbocycles. The van der Waals surface area contributed by atoms with Gasteiger partial charge in [-0.1, -0.05) is 36.8 Å². The first-order valence-corrected chi connectivity index (χ1v) is 6.91. The number of rotatable bonds is 6. The summed E-state index contributed by atoms with van der Waals surface area (Å²) in [7, 11) is 1.54. The number of aliphatic carboxylic acids is 1. The lowest BCUT2D eigenvalue weighted by Gasteiger charge is -2.24. The normalized spacial score (nSPS) is 13.6. The second kappa shape index (κ2) is 7.08. The lowest BCUT2D eigenvalue weighted by atomic mass is 9.92. The topological polar surface area (TPSA) is 57.6 Å². The Morgan fingerprint density at radius 3 is 2.25 bits per heavy atom. The number of carboxylic acid groups (broad SMARTS) is 1. The van der Waals surface area contributed by atoms with Crippen LogP contribution in [0.25, 0.3) is 0 Å². The molecule has 4 heteroatoms. The van der Waals surface area contributed by atoms with Crippen LogP contribution in [0.3, 0.4) is 0 Å². The van der Waals surface area contributed by atoms with E-state index in [4.69, 9.17) is 5.11 Å². The number of hydrogen-bond donors (Lipinski definition) is 1. The van der Waals surface area contributed by atoms with E-state index in [0.29, 0.717) is 6.42 Å². The van der Waals surface area contributed by atoms with Gasteiger partial charge in [0.1, 0.15) is 6.04 Å². The van der Waals surface area contributed by atoms with Crippen molar-refractivity contribution in [2.45, 2.75) is 45.6 Å². The van der Waals surface area contributed by atoms with E-state index in [-0.39, 0.29) is 11.8 Å². The van der Waals surface area contributed by atoms with Gasteiger partial charge in [-0.05, 0) is 31.7 Å². The molecule has 0 saturated heterocycles. The second-order valence-corrected chi connectivity index (χ2v) is 5.24. The minimum atomic E-state index is -0.982. The number of likely N-dealkylation sites (N-methyl/N-ethyl adjacent to an activating group) is 1. The summed E-state index contributed by atoms with van der Waals surface area (Å²) in [4.78, 5) is 24.4. The molecule has 0 aliphatic carbocycles. The fourth-order valence-corrected chi connectivity index (χ4v) is 2.07. The van der Waals surface area contributed by atoms with Crippen LogP contribution in [0.2, 0.25) is 0 Å². The molecule has 4 nitrogen and oxygen atoms in total. The minimum Gasteiger partial charge on any atom is -0.480 e. The summed E-state index contributed by atoms with van der Waals surface area (Å²) in [5.41, 5.74) is 2.31. The number of nitrogens with zero attached hydrogens (tertiary/aromatic N) is 1. The van der Waals surface area contributed by atoms with Crippen molar-refractivity contribution in [1.82, 2.24) is 4.90 Å². The third kappa shape index (κ3) is 4.08. The smallest absolute Gasteiger partial charge is 0.326 e. The Kier molecular flexibility index (Phi) is 5.74. The van der Waals surface area contributed by atoms with Gasteiger partial charge in [0, 0.05) is 13.5 Å². The maximum Gasteiger partial charge on any atom is 0.326 e. The predicted molar refractivity (Wildman–Crippen MR) is 78.7 cm³/mol. The van der Waals surface area contributed by atoms with Gasteiger partial charge >= 0.3 is 5.97 Å². The molecule has 1 aromatic rings. The summed E-state index contributed by atoms with van der Waals surface area (Å²) in [6.45, 7) is 5.59. The summed E-state index contributed by atoms with van der Waals surface area (Å²) in [6.07, 6.45) is 1.19. The highest BCUT2D eigenvalue weighted by molar-refractivity contribution is 5.83. The van der Waals surface area contributed by atoms with Crippen molar-refractivity contribution in [3.8, 4) is 0 Å². The molecule has 0 spiro atoms. The molecule has 0 aromatic heterocycles. The van der Waals surface area contributed by atoms with Gasteiger partial charge in [-0.3, -0.25) is 4.79 Å². The van der Waals surface area contributed by atoms with E-state index in [9.17, 15) is 9.59 Å². The Balaban J connectivity index is 2.75. The van der Waals surface area contributed by atoms with Crippen LogP contribution < -0.4 is 0 Å². The molecule has 1 rings (SSSR count).